The van der Waals surface area contributed by atoms with E-state index < -0.39 is 11.7 Å². The van der Waals surface area contributed by atoms with Crippen molar-refractivity contribution in [3.05, 3.63) is 94.1 Å². The van der Waals surface area contributed by atoms with Crippen molar-refractivity contribution in [3.8, 4) is 11.6 Å². The van der Waals surface area contributed by atoms with Gasteiger partial charge in [0.2, 0.25) is 5.88 Å². The van der Waals surface area contributed by atoms with Gasteiger partial charge in [-0.25, -0.2) is 0 Å². The molecule has 0 aliphatic rings. The van der Waals surface area contributed by atoms with E-state index in [-0.39, 0.29) is 18.1 Å². The number of para-hydroxylation sites is 2. The van der Waals surface area contributed by atoms with Crippen LogP contribution in [0.1, 0.15) is 11.1 Å². The van der Waals surface area contributed by atoms with E-state index in [1.54, 1.807) is 24.4 Å². The van der Waals surface area contributed by atoms with E-state index in [0.717, 1.165) is 11.5 Å². The van der Waals surface area contributed by atoms with E-state index in [1.165, 1.54) is 22.9 Å². The lowest BCUT2D eigenvalue weighted by atomic mass is 10.1. The molecule has 0 saturated carbocycles. The molecule has 0 amide bonds. The lowest BCUT2D eigenvalue weighted by molar-refractivity contribution is -0.138. The molecule has 33 heavy (non-hydrogen) atoms. The zero-order valence-electron chi connectivity index (χ0n) is 16.8. The largest absolute Gasteiger partial charge is 0.472 e. The zero-order chi connectivity index (χ0) is 23.2. The summed E-state index contributed by atoms with van der Waals surface area (Å²) >= 11 is 12.8. The Balaban J connectivity index is 1.70. The molecule has 0 aliphatic carbocycles. The number of alkyl halides is 3. The van der Waals surface area contributed by atoms with E-state index in [2.05, 4.69) is 10.1 Å². The molecule has 5 aromatic rings. The smallest absolute Gasteiger partial charge is 0.416 e. The van der Waals surface area contributed by atoms with Crippen molar-refractivity contribution >= 4 is 45.0 Å². The summed E-state index contributed by atoms with van der Waals surface area (Å²) in [4.78, 5) is 4.45. The van der Waals surface area contributed by atoms with Crippen LogP contribution in [0.2, 0.25) is 10.0 Å². The van der Waals surface area contributed by atoms with Crippen LogP contribution in [-0.2, 0) is 12.8 Å². The molecule has 0 aliphatic heterocycles. The van der Waals surface area contributed by atoms with Crippen LogP contribution in [0.15, 0.2) is 72.9 Å². The molecule has 0 atom stereocenters. The molecule has 0 spiro atoms. The van der Waals surface area contributed by atoms with Gasteiger partial charge in [0.25, 0.3) is 0 Å². The van der Waals surface area contributed by atoms with Crippen LogP contribution in [0, 0.1) is 0 Å². The number of ether oxygens (including phenoxy) is 1. The summed E-state index contributed by atoms with van der Waals surface area (Å²) in [5, 5.41) is 6.59. The number of halogens is 5. The van der Waals surface area contributed by atoms with Crippen LogP contribution in [0.3, 0.4) is 0 Å². The molecular formula is C24H14Cl2F3N3O. The second kappa shape index (κ2) is 8.24. The Morgan fingerprint density at radius 3 is 2.30 bits per heavy atom. The van der Waals surface area contributed by atoms with Crippen LogP contribution in [0.4, 0.5) is 13.2 Å². The summed E-state index contributed by atoms with van der Waals surface area (Å²) in [5.41, 5.74) is 0.870. The average Bonchev–Trinajstić information content (AvgIpc) is 3.15. The van der Waals surface area contributed by atoms with E-state index in [9.17, 15) is 13.2 Å². The van der Waals surface area contributed by atoms with Crippen LogP contribution in [0.25, 0.3) is 27.5 Å². The summed E-state index contributed by atoms with van der Waals surface area (Å²) in [6.45, 7) is -0.342. The maximum Gasteiger partial charge on any atom is 0.416 e. The van der Waals surface area contributed by atoms with E-state index in [4.69, 9.17) is 27.9 Å². The highest BCUT2D eigenvalue weighted by Crippen LogP contribution is 2.38. The van der Waals surface area contributed by atoms with Crippen molar-refractivity contribution in [2.75, 3.05) is 0 Å². The fraction of sp³-hybridized carbons (Fsp3) is 0.0833. The standard InChI is InChI=1S/C24H14Cl2F3N3O/c25-18-9-5-10-19(26)22(18)32-23(33-13-14-6-1-3-8-17(14)24(27,28)29)16-12-30-20-11-4-2-7-15(20)21(16)31-32/h1-12H,13H2. The summed E-state index contributed by atoms with van der Waals surface area (Å²) in [7, 11) is 0. The number of pyridine rings is 1. The monoisotopic (exact) mass is 487 g/mol. The molecule has 0 bridgehead atoms. The molecule has 0 saturated heterocycles. The third-order valence-electron chi connectivity index (χ3n) is 5.21. The Hall–Kier alpha value is -3.29. The van der Waals surface area contributed by atoms with Crippen molar-refractivity contribution in [2.45, 2.75) is 12.8 Å². The second-order valence-corrected chi connectivity index (χ2v) is 8.08. The predicted octanol–water partition coefficient (Wildman–Crippen LogP) is 7.48. The van der Waals surface area contributed by atoms with Gasteiger partial charge < -0.3 is 4.74 Å². The molecule has 0 radical (unpaired) electrons. The predicted molar refractivity (Wildman–Crippen MR) is 122 cm³/mol. The van der Waals surface area contributed by atoms with Gasteiger partial charge in [0.1, 0.15) is 17.8 Å². The summed E-state index contributed by atoms with van der Waals surface area (Å²) in [5.74, 6) is 0.190. The number of nitrogens with zero attached hydrogens (tertiary/aromatic N) is 3. The van der Waals surface area contributed by atoms with Gasteiger partial charge in [-0.1, -0.05) is 65.7 Å². The average molecular weight is 488 g/mol. The number of benzene rings is 3. The Labute approximate surface area is 196 Å². The van der Waals surface area contributed by atoms with Gasteiger partial charge in [-0.3, -0.25) is 4.98 Å². The minimum atomic E-state index is -4.51. The number of hydrogen-bond acceptors (Lipinski definition) is 3. The Bertz CT molecular complexity index is 1480. The summed E-state index contributed by atoms with van der Waals surface area (Å²) < 4.78 is 47.8. The van der Waals surface area contributed by atoms with Gasteiger partial charge in [-0.2, -0.15) is 23.0 Å². The van der Waals surface area contributed by atoms with Crippen LogP contribution < -0.4 is 4.74 Å². The van der Waals surface area contributed by atoms with Crippen molar-refractivity contribution in [2.24, 2.45) is 0 Å². The highest BCUT2D eigenvalue weighted by Gasteiger charge is 2.33. The first-order valence-electron chi connectivity index (χ1n) is 9.83. The molecule has 3 aromatic carbocycles. The lowest BCUT2D eigenvalue weighted by Crippen LogP contribution is -2.12. The highest BCUT2D eigenvalue weighted by atomic mass is 35.5. The molecule has 9 heteroatoms. The zero-order valence-corrected chi connectivity index (χ0v) is 18.3. The maximum atomic E-state index is 13.5. The molecule has 0 unspecified atom stereocenters. The molecule has 2 heterocycles. The first-order chi connectivity index (χ1) is 15.8. The van der Waals surface area contributed by atoms with Crippen molar-refractivity contribution < 1.29 is 17.9 Å². The number of rotatable bonds is 4. The minimum Gasteiger partial charge on any atom is -0.472 e. The van der Waals surface area contributed by atoms with Crippen molar-refractivity contribution in [1.82, 2.24) is 14.8 Å². The van der Waals surface area contributed by atoms with Gasteiger partial charge in [0.05, 0.1) is 26.5 Å². The second-order valence-electron chi connectivity index (χ2n) is 7.27. The molecule has 166 valence electrons. The van der Waals surface area contributed by atoms with Gasteiger partial charge in [-0.15, -0.1) is 0 Å². The molecular weight excluding hydrogens is 474 g/mol. The molecule has 0 N–H and O–H groups in total. The molecule has 0 fully saturated rings. The molecule has 4 nitrogen and oxygen atoms in total. The lowest BCUT2D eigenvalue weighted by Gasteiger charge is -2.15. The first kappa shape index (κ1) is 21.6. The van der Waals surface area contributed by atoms with Gasteiger partial charge in [-0.05, 0) is 24.3 Å². The molecule has 2 aromatic heterocycles. The Kier molecular flexibility index (Phi) is 5.38. The van der Waals surface area contributed by atoms with E-state index in [1.807, 2.05) is 24.3 Å². The SMILES string of the molecule is FC(F)(F)c1ccccc1COc1c2cnc3ccccc3c2nn1-c1c(Cl)cccc1Cl. The van der Waals surface area contributed by atoms with Crippen molar-refractivity contribution in [3.63, 3.8) is 0 Å². The van der Waals surface area contributed by atoms with Crippen LogP contribution in [-0.4, -0.2) is 14.8 Å². The van der Waals surface area contributed by atoms with E-state index in [0.29, 0.717) is 32.2 Å². The minimum absolute atomic E-state index is 0.00935. The van der Waals surface area contributed by atoms with Crippen LogP contribution >= 0.6 is 23.2 Å². The van der Waals surface area contributed by atoms with Crippen molar-refractivity contribution in [1.29, 1.82) is 0 Å². The van der Waals surface area contributed by atoms with Gasteiger partial charge in [0, 0.05) is 17.1 Å². The number of aromatic nitrogens is 3. The highest BCUT2D eigenvalue weighted by molar-refractivity contribution is 6.37. The summed E-state index contributed by atoms with van der Waals surface area (Å²) in [6.07, 6.45) is -2.93. The quantitative estimate of drug-likeness (QED) is 0.263. The number of hydrogen-bond donors (Lipinski definition) is 0. The third-order valence-corrected chi connectivity index (χ3v) is 5.82. The Morgan fingerprint density at radius 2 is 1.55 bits per heavy atom. The fourth-order valence-electron chi connectivity index (χ4n) is 3.70. The summed E-state index contributed by atoms with van der Waals surface area (Å²) in [6, 6.07) is 17.7. The van der Waals surface area contributed by atoms with Crippen LogP contribution in [0.5, 0.6) is 5.88 Å². The molecule has 5 rings (SSSR count). The van der Waals surface area contributed by atoms with E-state index >= 15 is 0 Å². The fourth-order valence-corrected chi connectivity index (χ4v) is 4.26. The first-order valence-corrected chi connectivity index (χ1v) is 10.6. The van der Waals surface area contributed by atoms with Gasteiger partial charge >= 0.3 is 6.18 Å². The van der Waals surface area contributed by atoms with Gasteiger partial charge in [0.15, 0.2) is 0 Å². The normalized spacial score (nSPS) is 11.9. The Morgan fingerprint density at radius 1 is 0.848 bits per heavy atom. The maximum absolute atomic E-state index is 13.5. The topological polar surface area (TPSA) is 39.9 Å². The number of fused-ring (bicyclic) bond motifs is 3. The third kappa shape index (κ3) is 3.87.